The van der Waals surface area contributed by atoms with Crippen molar-refractivity contribution >= 4 is 16.5 Å². The minimum absolute atomic E-state index is 0.539. The van der Waals surface area contributed by atoms with Gasteiger partial charge in [-0.05, 0) is 6.42 Å². The van der Waals surface area contributed by atoms with E-state index in [9.17, 15) is 0 Å². The number of methoxy groups -OCH3 is 1. The molecule has 0 radical (unpaired) electrons. The number of rotatable bonds is 6. The van der Waals surface area contributed by atoms with Crippen LogP contribution in [0.3, 0.4) is 0 Å². The number of ether oxygens (including phenoxy) is 2. The number of nitrogen functional groups attached to an aromatic ring is 1. The molecule has 0 aliphatic heterocycles. The van der Waals surface area contributed by atoms with E-state index in [0.717, 1.165) is 18.7 Å². The first-order chi connectivity index (χ1) is 6.33. The van der Waals surface area contributed by atoms with Crippen molar-refractivity contribution in [3.63, 3.8) is 0 Å². The van der Waals surface area contributed by atoms with Crippen LogP contribution in [0.4, 0.5) is 5.13 Å². The van der Waals surface area contributed by atoms with Crippen LogP contribution in [0, 0.1) is 0 Å². The quantitative estimate of drug-likeness (QED) is 0.706. The van der Waals surface area contributed by atoms with Crippen molar-refractivity contribution in [2.45, 2.75) is 13.0 Å². The van der Waals surface area contributed by atoms with Crippen LogP contribution >= 0.6 is 11.3 Å². The van der Waals surface area contributed by atoms with Gasteiger partial charge in [-0.3, -0.25) is 0 Å². The van der Waals surface area contributed by atoms with E-state index in [1.807, 2.05) is 5.38 Å². The molecule has 0 aliphatic carbocycles. The molecule has 1 aromatic rings. The average molecular weight is 202 g/mol. The minimum Gasteiger partial charge on any atom is -0.385 e. The molecule has 1 aromatic heterocycles. The molecule has 0 atom stereocenters. The smallest absolute Gasteiger partial charge is 0.180 e. The number of hydrogen-bond donors (Lipinski definition) is 1. The number of thiazole rings is 1. The summed E-state index contributed by atoms with van der Waals surface area (Å²) in [5.41, 5.74) is 6.37. The van der Waals surface area contributed by atoms with E-state index < -0.39 is 0 Å². The molecule has 0 bridgehead atoms. The van der Waals surface area contributed by atoms with Crippen LogP contribution in [0.5, 0.6) is 0 Å². The van der Waals surface area contributed by atoms with Crippen molar-refractivity contribution in [2.75, 3.05) is 26.1 Å². The highest BCUT2D eigenvalue weighted by molar-refractivity contribution is 7.13. The van der Waals surface area contributed by atoms with E-state index in [4.69, 9.17) is 15.2 Å². The van der Waals surface area contributed by atoms with Crippen molar-refractivity contribution < 1.29 is 9.47 Å². The Balaban J connectivity index is 2.06. The van der Waals surface area contributed by atoms with Gasteiger partial charge in [0.05, 0.1) is 12.3 Å². The monoisotopic (exact) mass is 202 g/mol. The van der Waals surface area contributed by atoms with E-state index >= 15 is 0 Å². The van der Waals surface area contributed by atoms with Gasteiger partial charge in [-0.15, -0.1) is 11.3 Å². The number of aromatic nitrogens is 1. The lowest BCUT2D eigenvalue weighted by atomic mass is 10.5. The molecular formula is C8H14N2O2S. The number of hydrogen-bond acceptors (Lipinski definition) is 5. The predicted octanol–water partition coefficient (Wildman–Crippen LogP) is 1.28. The highest BCUT2D eigenvalue weighted by Crippen LogP contribution is 2.11. The van der Waals surface area contributed by atoms with Gasteiger partial charge in [-0.1, -0.05) is 0 Å². The van der Waals surface area contributed by atoms with Gasteiger partial charge in [-0.2, -0.15) is 0 Å². The zero-order valence-corrected chi connectivity index (χ0v) is 8.47. The van der Waals surface area contributed by atoms with Crippen LogP contribution in [0.15, 0.2) is 5.38 Å². The molecule has 0 saturated carbocycles. The Morgan fingerprint density at radius 2 is 2.38 bits per heavy atom. The van der Waals surface area contributed by atoms with Crippen molar-refractivity contribution in [2.24, 2.45) is 0 Å². The summed E-state index contributed by atoms with van der Waals surface area (Å²) in [6.45, 7) is 1.97. The average Bonchev–Trinajstić information content (AvgIpc) is 2.51. The molecule has 1 rings (SSSR count). The first-order valence-electron chi connectivity index (χ1n) is 4.09. The zero-order valence-electron chi connectivity index (χ0n) is 7.66. The van der Waals surface area contributed by atoms with E-state index in [1.165, 1.54) is 11.3 Å². The highest BCUT2D eigenvalue weighted by atomic mass is 32.1. The van der Waals surface area contributed by atoms with Crippen LogP contribution < -0.4 is 5.73 Å². The maximum Gasteiger partial charge on any atom is 0.180 e. The van der Waals surface area contributed by atoms with Gasteiger partial charge >= 0.3 is 0 Å². The van der Waals surface area contributed by atoms with Crippen LogP contribution in [0.2, 0.25) is 0 Å². The maximum absolute atomic E-state index is 5.46. The lowest BCUT2D eigenvalue weighted by Crippen LogP contribution is -1.99. The summed E-state index contributed by atoms with van der Waals surface area (Å²) in [4.78, 5) is 4.07. The van der Waals surface area contributed by atoms with Crippen molar-refractivity contribution in [3.8, 4) is 0 Å². The van der Waals surface area contributed by atoms with Crippen molar-refractivity contribution in [1.82, 2.24) is 4.98 Å². The fraction of sp³-hybridized carbons (Fsp3) is 0.625. The summed E-state index contributed by atoms with van der Waals surface area (Å²) >= 11 is 1.43. The van der Waals surface area contributed by atoms with E-state index in [-0.39, 0.29) is 0 Å². The third kappa shape index (κ3) is 4.21. The second kappa shape index (κ2) is 5.90. The SMILES string of the molecule is COCCCOCc1csc(N)n1. The summed E-state index contributed by atoms with van der Waals surface area (Å²) < 4.78 is 10.2. The van der Waals surface area contributed by atoms with Gasteiger partial charge in [0.15, 0.2) is 5.13 Å². The molecule has 0 amide bonds. The van der Waals surface area contributed by atoms with Crippen molar-refractivity contribution in [3.05, 3.63) is 11.1 Å². The van der Waals surface area contributed by atoms with Crippen LogP contribution in [-0.2, 0) is 16.1 Å². The summed E-state index contributed by atoms with van der Waals surface area (Å²) in [5, 5.41) is 2.50. The van der Waals surface area contributed by atoms with Gasteiger partial charge in [-0.25, -0.2) is 4.98 Å². The third-order valence-electron chi connectivity index (χ3n) is 1.46. The molecule has 0 aliphatic rings. The zero-order chi connectivity index (χ0) is 9.52. The minimum atomic E-state index is 0.539. The molecule has 0 fully saturated rings. The second-order valence-corrected chi connectivity index (χ2v) is 3.47. The topological polar surface area (TPSA) is 57.4 Å². The van der Waals surface area contributed by atoms with Gasteiger partial charge in [0, 0.05) is 25.7 Å². The third-order valence-corrected chi connectivity index (χ3v) is 2.18. The molecule has 5 heteroatoms. The predicted molar refractivity (Wildman–Crippen MR) is 52.7 cm³/mol. The molecule has 0 aromatic carbocycles. The lowest BCUT2D eigenvalue weighted by Gasteiger charge is -2.00. The molecular weight excluding hydrogens is 188 g/mol. The molecule has 0 unspecified atom stereocenters. The fourth-order valence-electron chi connectivity index (χ4n) is 0.871. The number of nitrogens with zero attached hydrogens (tertiary/aromatic N) is 1. The summed E-state index contributed by atoms with van der Waals surface area (Å²) in [6, 6.07) is 0. The van der Waals surface area contributed by atoms with Crippen LogP contribution in [-0.4, -0.2) is 25.3 Å². The Morgan fingerprint density at radius 1 is 1.54 bits per heavy atom. The Hall–Kier alpha value is -0.650. The van der Waals surface area contributed by atoms with Gasteiger partial charge in [0.25, 0.3) is 0 Å². The fourth-order valence-corrected chi connectivity index (χ4v) is 1.42. The molecule has 4 nitrogen and oxygen atoms in total. The number of anilines is 1. The normalized spacial score (nSPS) is 10.5. The Bertz CT molecular complexity index is 240. The Morgan fingerprint density at radius 3 is 3.00 bits per heavy atom. The second-order valence-electron chi connectivity index (χ2n) is 2.58. The maximum atomic E-state index is 5.46. The first-order valence-corrected chi connectivity index (χ1v) is 4.97. The lowest BCUT2D eigenvalue weighted by molar-refractivity contribution is 0.0913. The van der Waals surface area contributed by atoms with Gasteiger partial charge < -0.3 is 15.2 Å². The van der Waals surface area contributed by atoms with Gasteiger partial charge in [0.2, 0.25) is 0 Å². The summed E-state index contributed by atoms with van der Waals surface area (Å²) in [5.74, 6) is 0. The largest absolute Gasteiger partial charge is 0.385 e. The standard InChI is InChI=1S/C8H14N2O2S/c1-11-3-2-4-12-5-7-6-13-8(9)10-7/h6H,2-5H2,1H3,(H2,9,10). The Labute approximate surface area is 81.7 Å². The van der Waals surface area contributed by atoms with Crippen LogP contribution in [0.1, 0.15) is 12.1 Å². The van der Waals surface area contributed by atoms with Crippen molar-refractivity contribution in [1.29, 1.82) is 0 Å². The molecule has 0 saturated heterocycles. The molecule has 1 heterocycles. The van der Waals surface area contributed by atoms with E-state index in [0.29, 0.717) is 18.3 Å². The highest BCUT2D eigenvalue weighted by Gasteiger charge is 1.97. The summed E-state index contributed by atoms with van der Waals surface area (Å²) in [7, 11) is 1.68. The molecule has 2 N–H and O–H groups in total. The number of nitrogens with two attached hydrogens (primary N) is 1. The van der Waals surface area contributed by atoms with E-state index in [2.05, 4.69) is 4.98 Å². The Kier molecular flexibility index (Phi) is 4.74. The van der Waals surface area contributed by atoms with Gasteiger partial charge in [0.1, 0.15) is 0 Å². The first kappa shape index (κ1) is 10.4. The molecule has 13 heavy (non-hydrogen) atoms. The molecule has 74 valence electrons. The van der Waals surface area contributed by atoms with Crippen LogP contribution in [0.25, 0.3) is 0 Å². The van der Waals surface area contributed by atoms with E-state index in [1.54, 1.807) is 7.11 Å². The summed E-state index contributed by atoms with van der Waals surface area (Å²) in [6.07, 6.45) is 0.913. The molecule has 0 spiro atoms.